The van der Waals surface area contributed by atoms with Gasteiger partial charge in [-0.1, -0.05) is 5.92 Å². The van der Waals surface area contributed by atoms with Gasteiger partial charge in [-0.15, -0.1) is 0 Å². The maximum Gasteiger partial charge on any atom is 0.289 e. The van der Waals surface area contributed by atoms with Gasteiger partial charge < -0.3 is 19.5 Å². The molecule has 138 valence electrons. The number of furan rings is 1. The van der Waals surface area contributed by atoms with Crippen molar-refractivity contribution in [1.29, 1.82) is 0 Å². The fraction of sp³-hybridized carbons (Fsp3) is 0.474. The summed E-state index contributed by atoms with van der Waals surface area (Å²) < 4.78 is 7.41. The van der Waals surface area contributed by atoms with Crippen molar-refractivity contribution < 1.29 is 19.4 Å². The van der Waals surface area contributed by atoms with E-state index < -0.39 is 5.60 Å². The van der Waals surface area contributed by atoms with Gasteiger partial charge in [0.25, 0.3) is 5.91 Å². The van der Waals surface area contributed by atoms with Crippen LogP contribution in [-0.2, 0) is 26.1 Å². The van der Waals surface area contributed by atoms with Gasteiger partial charge in [-0.25, -0.2) is 0 Å². The van der Waals surface area contributed by atoms with Crippen LogP contribution in [0.15, 0.2) is 16.5 Å². The Morgan fingerprint density at radius 3 is 2.85 bits per heavy atom. The molecule has 0 bridgehead atoms. The molecule has 1 aliphatic heterocycles. The number of carbonyl (C=O) groups excluding carboxylic acids is 1. The van der Waals surface area contributed by atoms with Crippen molar-refractivity contribution in [2.75, 3.05) is 6.54 Å². The highest BCUT2D eigenvalue weighted by Crippen LogP contribution is 2.24. The van der Waals surface area contributed by atoms with Crippen LogP contribution in [0, 0.1) is 11.8 Å². The number of fused-ring (bicyclic) bond motifs is 1. The van der Waals surface area contributed by atoms with Gasteiger partial charge in [0.15, 0.2) is 11.5 Å². The summed E-state index contributed by atoms with van der Waals surface area (Å²) in [7, 11) is 0. The minimum absolute atomic E-state index is 0.144. The molecule has 0 saturated heterocycles. The molecule has 2 aromatic rings. The average molecular weight is 357 g/mol. The van der Waals surface area contributed by atoms with Gasteiger partial charge in [-0.05, 0) is 38.8 Å². The fourth-order valence-corrected chi connectivity index (χ4v) is 3.01. The molecule has 3 heterocycles. The van der Waals surface area contributed by atoms with Crippen LogP contribution in [0.25, 0.3) is 0 Å². The Balaban J connectivity index is 1.79. The van der Waals surface area contributed by atoms with Crippen LogP contribution < -0.4 is 0 Å². The number of aliphatic hydroxyl groups excluding tert-OH is 1. The molecule has 0 saturated carbocycles. The van der Waals surface area contributed by atoms with E-state index in [2.05, 4.69) is 16.9 Å². The summed E-state index contributed by atoms with van der Waals surface area (Å²) in [5, 5.41) is 23.6. The molecule has 0 aliphatic carbocycles. The van der Waals surface area contributed by atoms with Crippen LogP contribution in [0.3, 0.4) is 0 Å². The summed E-state index contributed by atoms with van der Waals surface area (Å²) in [6.45, 7) is 6.71. The van der Waals surface area contributed by atoms with Crippen LogP contribution in [0.1, 0.15) is 54.0 Å². The second kappa shape index (κ2) is 6.98. The Kier molecular flexibility index (Phi) is 4.90. The second-order valence-electron chi connectivity index (χ2n) is 6.80. The summed E-state index contributed by atoms with van der Waals surface area (Å²) in [5.41, 5.74) is 1.50. The van der Waals surface area contributed by atoms with Crippen molar-refractivity contribution in [3.05, 3.63) is 40.6 Å². The largest absolute Gasteiger partial charge is 0.443 e. The van der Waals surface area contributed by atoms with Crippen molar-refractivity contribution in [2.24, 2.45) is 0 Å². The Labute approximate surface area is 152 Å². The highest BCUT2D eigenvalue weighted by atomic mass is 16.4. The molecule has 0 radical (unpaired) electrons. The van der Waals surface area contributed by atoms with Crippen molar-refractivity contribution >= 4 is 5.91 Å². The first-order chi connectivity index (χ1) is 12.3. The zero-order chi connectivity index (χ0) is 18.9. The molecule has 0 spiro atoms. The number of amides is 1. The van der Waals surface area contributed by atoms with Gasteiger partial charge in [0.2, 0.25) is 0 Å². The molecule has 0 unspecified atom stereocenters. The van der Waals surface area contributed by atoms with E-state index >= 15 is 0 Å². The van der Waals surface area contributed by atoms with Crippen LogP contribution in [0.5, 0.6) is 0 Å². The van der Waals surface area contributed by atoms with E-state index in [-0.39, 0.29) is 18.3 Å². The Morgan fingerprint density at radius 1 is 1.42 bits per heavy atom. The maximum absolute atomic E-state index is 12.7. The lowest BCUT2D eigenvalue weighted by Crippen LogP contribution is -2.36. The van der Waals surface area contributed by atoms with Crippen molar-refractivity contribution in [3.8, 4) is 11.8 Å². The summed E-state index contributed by atoms with van der Waals surface area (Å²) in [4.78, 5) is 14.4. The molecule has 0 fully saturated rings. The lowest BCUT2D eigenvalue weighted by Gasteiger charge is -2.27. The summed E-state index contributed by atoms with van der Waals surface area (Å²) in [5.74, 6) is 5.70. The van der Waals surface area contributed by atoms with Crippen LogP contribution in [0.2, 0.25) is 0 Å². The van der Waals surface area contributed by atoms with Gasteiger partial charge >= 0.3 is 0 Å². The van der Waals surface area contributed by atoms with Crippen LogP contribution in [-0.4, -0.2) is 42.9 Å². The second-order valence-corrected chi connectivity index (χ2v) is 6.80. The van der Waals surface area contributed by atoms with Gasteiger partial charge in [0.05, 0.1) is 12.3 Å². The molecule has 0 atom stereocenters. The number of nitrogens with zero attached hydrogens (tertiary/aromatic N) is 3. The molecular weight excluding hydrogens is 334 g/mol. The lowest BCUT2D eigenvalue weighted by molar-refractivity contribution is 0.0699. The van der Waals surface area contributed by atoms with Gasteiger partial charge in [0, 0.05) is 37.3 Å². The normalized spacial score (nSPS) is 14.0. The van der Waals surface area contributed by atoms with E-state index in [4.69, 9.17) is 4.42 Å². The zero-order valence-corrected chi connectivity index (χ0v) is 15.2. The van der Waals surface area contributed by atoms with Gasteiger partial charge in [0.1, 0.15) is 5.60 Å². The molecule has 2 N–H and O–H groups in total. The highest BCUT2D eigenvalue weighted by molar-refractivity contribution is 5.91. The molecule has 3 rings (SSSR count). The van der Waals surface area contributed by atoms with Crippen molar-refractivity contribution in [3.63, 3.8) is 0 Å². The first-order valence-corrected chi connectivity index (χ1v) is 8.65. The van der Waals surface area contributed by atoms with E-state index in [0.29, 0.717) is 31.0 Å². The van der Waals surface area contributed by atoms with Crippen LogP contribution in [0.4, 0.5) is 0 Å². The number of aliphatic hydroxyl groups is 2. The number of aromatic nitrogens is 2. The first-order valence-electron chi connectivity index (χ1n) is 8.65. The molecule has 1 aliphatic rings. The molecule has 26 heavy (non-hydrogen) atoms. The number of carbonyl (C=O) groups is 1. The van der Waals surface area contributed by atoms with Crippen molar-refractivity contribution in [1.82, 2.24) is 14.7 Å². The quantitative estimate of drug-likeness (QED) is 0.808. The van der Waals surface area contributed by atoms with E-state index in [1.807, 2.05) is 11.6 Å². The average Bonchev–Trinajstić information content (AvgIpc) is 3.22. The fourth-order valence-electron chi connectivity index (χ4n) is 3.01. The zero-order valence-electron chi connectivity index (χ0n) is 15.2. The predicted molar refractivity (Wildman–Crippen MR) is 94.2 cm³/mol. The van der Waals surface area contributed by atoms with Crippen LogP contribution >= 0.6 is 0 Å². The van der Waals surface area contributed by atoms with E-state index in [0.717, 1.165) is 17.8 Å². The monoisotopic (exact) mass is 357 g/mol. The smallest absolute Gasteiger partial charge is 0.289 e. The minimum Gasteiger partial charge on any atom is -0.443 e. The van der Waals surface area contributed by atoms with Gasteiger partial charge in [-0.3, -0.25) is 9.48 Å². The summed E-state index contributed by atoms with van der Waals surface area (Å²) in [6.07, 6.45) is 0.688. The van der Waals surface area contributed by atoms with E-state index in [1.54, 1.807) is 30.9 Å². The van der Waals surface area contributed by atoms with E-state index in [9.17, 15) is 15.0 Å². The minimum atomic E-state index is -1.12. The maximum atomic E-state index is 12.7. The predicted octanol–water partition coefficient (Wildman–Crippen LogP) is 1.31. The third-order valence-corrected chi connectivity index (χ3v) is 4.26. The number of rotatable bonds is 3. The molecule has 7 heteroatoms. The first kappa shape index (κ1) is 18.2. The Hall–Kier alpha value is -2.56. The van der Waals surface area contributed by atoms with Crippen molar-refractivity contribution in [2.45, 2.75) is 52.5 Å². The standard InChI is InChI=1S/C19H23N3O4/c1-4-22-16-8-10-21(11-14(16)15(12-23)20-22)18(24)17-6-5-13(26-17)7-9-19(2,3)25/h5-6,23,25H,4,8,10-12H2,1-3H3. The number of hydrogen-bond acceptors (Lipinski definition) is 5. The van der Waals surface area contributed by atoms with E-state index in [1.165, 1.54) is 0 Å². The molecule has 0 aromatic carbocycles. The SMILES string of the molecule is CCn1nc(CO)c2c1CCN(C(=O)c1ccc(C#CC(C)(C)O)o1)C2. The Morgan fingerprint density at radius 2 is 2.19 bits per heavy atom. The van der Waals surface area contributed by atoms with Gasteiger partial charge in [-0.2, -0.15) is 5.10 Å². The third-order valence-electron chi connectivity index (χ3n) is 4.26. The molecule has 7 nitrogen and oxygen atoms in total. The topological polar surface area (TPSA) is 91.7 Å². The highest BCUT2D eigenvalue weighted by Gasteiger charge is 2.28. The number of hydrogen-bond donors (Lipinski definition) is 2. The number of aryl methyl sites for hydroxylation is 1. The lowest BCUT2D eigenvalue weighted by atomic mass is 10.0. The molecular formula is C19H23N3O4. The molecule has 2 aromatic heterocycles. The molecule has 1 amide bonds. The summed E-state index contributed by atoms with van der Waals surface area (Å²) >= 11 is 0. The Bertz CT molecular complexity index is 877. The third kappa shape index (κ3) is 3.66. The summed E-state index contributed by atoms with van der Waals surface area (Å²) in [6, 6.07) is 3.21.